The number of aromatic nitrogens is 3. The van der Waals surface area contributed by atoms with Crippen LogP contribution in [-0.2, 0) is 13.2 Å². The molecule has 1 aromatic heterocycles. The van der Waals surface area contributed by atoms with Crippen LogP contribution in [0.25, 0.3) is 0 Å². The fourth-order valence-electron chi connectivity index (χ4n) is 2.03. The molecule has 6 nitrogen and oxygen atoms in total. The van der Waals surface area contributed by atoms with E-state index in [-0.39, 0.29) is 6.04 Å². The summed E-state index contributed by atoms with van der Waals surface area (Å²) in [5.41, 5.74) is 6.88. The van der Waals surface area contributed by atoms with Crippen molar-refractivity contribution in [2.45, 2.75) is 39.5 Å². The van der Waals surface area contributed by atoms with E-state index in [1.54, 1.807) is 13.4 Å². The van der Waals surface area contributed by atoms with E-state index in [4.69, 9.17) is 15.2 Å². The third-order valence-corrected chi connectivity index (χ3v) is 3.20. The molecular formula is C15H22N4O2. The lowest BCUT2D eigenvalue weighted by Gasteiger charge is -2.13. The molecule has 0 aliphatic heterocycles. The maximum atomic E-state index is 5.87. The molecule has 0 aliphatic rings. The van der Waals surface area contributed by atoms with Crippen LogP contribution in [0.15, 0.2) is 24.5 Å². The van der Waals surface area contributed by atoms with Crippen molar-refractivity contribution in [3.05, 3.63) is 35.9 Å². The van der Waals surface area contributed by atoms with Crippen molar-refractivity contribution in [3.8, 4) is 11.5 Å². The maximum Gasteiger partial charge on any atom is 0.164 e. The van der Waals surface area contributed by atoms with Gasteiger partial charge < -0.3 is 15.2 Å². The number of methoxy groups -OCH3 is 1. The van der Waals surface area contributed by atoms with E-state index in [9.17, 15) is 0 Å². The molecule has 2 rings (SSSR count). The lowest BCUT2D eigenvalue weighted by molar-refractivity contribution is 0.268. The summed E-state index contributed by atoms with van der Waals surface area (Å²) >= 11 is 0. The molecule has 0 amide bonds. The number of rotatable bonds is 7. The van der Waals surface area contributed by atoms with E-state index in [0.29, 0.717) is 18.1 Å². The summed E-state index contributed by atoms with van der Waals surface area (Å²) < 4.78 is 13.0. The van der Waals surface area contributed by atoms with Crippen LogP contribution in [-0.4, -0.2) is 21.9 Å². The molecule has 21 heavy (non-hydrogen) atoms. The highest BCUT2D eigenvalue weighted by atomic mass is 16.5. The minimum absolute atomic E-state index is 0.0411. The molecule has 0 bridgehead atoms. The Morgan fingerprint density at radius 2 is 2.14 bits per heavy atom. The summed E-state index contributed by atoms with van der Waals surface area (Å²) in [6.07, 6.45) is 2.55. The highest BCUT2D eigenvalue weighted by Crippen LogP contribution is 2.30. The molecule has 0 fully saturated rings. The zero-order valence-electron chi connectivity index (χ0n) is 12.7. The van der Waals surface area contributed by atoms with Gasteiger partial charge in [-0.3, -0.25) is 0 Å². The standard InChI is InChI=1S/C15H22N4O2/c1-4-7-19-15(17-10-18-19)9-21-13-6-5-12(11(2)16)8-14(13)20-3/h5-6,8,10-11H,4,7,9,16H2,1-3H3. The molecule has 6 heteroatoms. The molecule has 0 aliphatic carbocycles. The first kappa shape index (κ1) is 15.3. The van der Waals surface area contributed by atoms with Gasteiger partial charge in [-0.2, -0.15) is 5.10 Å². The van der Waals surface area contributed by atoms with Gasteiger partial charge in [0.15, 0.2) is 17.3 Å². The Kier molecular flexibility index (Phi) is 5.16. The summed E-state index contributed by atoms with van der Waals surface area (Å²) in [5, 5.41) is 4.18. The average molecular weight is 290 g/mol. The normalized spacial score (nSPS) is 12.2. The Morgan fingerprint density at radius 3 is 2.81 bits per heavy atom. The third kappa shape index (κ3) is 3.72. The van der Waals surface area contributed by atoms with Gasteiger partial charge >= 0.3 is 0 Å². The van der Waals surface area contributed by atoms with Crippen LogP contribution in [0.5, 0.6) is 11.5 Å². The number of ether oxygens (including phenoxy) is 2. The van der Waals surface area contributed by atoms with Gasteiger partial charge in [-0.1, -0.05) is 13.0 Å². The first-order chi connectivity index (χ1) is 10.2. The first-order valence-corrected chi connectivity index (χ1v) is 7.08. The summed E-state index contributed by atoms with van der Waals surface area (Å²) in [6.45, 7) is 5.22. The molecule has 1 aromatic carbocycles. The van der Waals surface area contributed by atoms with E-state index in [2.05, 4.69) is 17.0 Å². The molecule has 1 heterocycles. The smallest absolute Gasteiger partial charge is 0.164 e. The monoisotopic (exact) mass is 290 g/mol. The molecular weight excluding hydrogens is 268 g/mol. The van der Waals surface area contributed by atoms with Crippen LogP contribution >= 0.6 is 0 Å². The Bertz CT molecular complexity index is 581. The first-order valence-electron chi connectivity index (χ1n) is 7.08. The van der Waals surface area contributed by atoms with Crippen molar-refractivity contribution in [1.82, 2.24) is 14.8 Å². The fourth-order valence-corrected chi connectivity index (χ4v) is 2.03. The largest absolute Gasteiger partial charge is 0.493 e. The van der Waals surface area contributed by atoms with Crippen molar-refractivity contribution in [1.29, 1.82) is 0 Å². The predicted molar refractivity (Wildman–Crippen MR) is 80.2 cm³/mol. The summed E-state index contributed by atoms with van der Waals surface area (Å²) in [6, 6.07) is 5.68. The topological polar surface area (TPSA) is 75.2 Å². The van der Waals surface area contributed by atoms with Gasteiger partial charge in [0.05, 0.1) is 7.11 Å². The van der Waals surface area contributed by atoms with Gasteiger partial charge in [0.1, 0.15) is 12.9 Å². The van der Waals surface area contributed by atoms with Crippen molar-refractivity contribution in [2.75, 3.05) is 7.11 Å². The van der Waals surface area contributed by atoms with Crippen LogP contribution in [0.4, 0.5) is 0 Å². The number of benzene rings is 1. The van der Waals surface area contributed by atoms with Gasteiger partial charge in [-0.25, -0.2) is 9.67 Å². The Hall–Kier alpha value is -2.08. The van der Waals surface area contributed by atoms with E-state index >= 15 is 0 Å². The SMILES string of the molecule is CCCn1ncnc1COc1ccc(C(C)N)cc1OC. The Morgan fingerprint density at radius 1 is 1.33 bits per heavy atom. The Balaban J connectivity index is 2.10. The molecule has 2 N–H and O–H groups in total. The maximum absolute atomic E-state index is 5.87. The highest BCUT2D eigenvalue weighted by molar-refractivity contribution is 5.43. The van der Waals surface area contributed by atoms with Gasteiger partial charge in [0.25, 0.3) is 0 Å². The van der Waals surface area contributed by atoms with Crippen molar-refractivity contribution in [2.24, 2.45) is 5.73 Å². The van der Waals surface area contributed by atoms with Gasteiger partial charge in [0, 0.05) is 12.6 Å². The molecule has 0 radical (unpaired) electrons. The summed E-state index contributed by atoms with van der Waals surface area (Å²) in [4.78, 5) is 4.22. The third-order valence-electron chi connectivity index (χ3n) is 3.20. The number of nitrogens with two attached hydrogens (primary N) is 1. The van der Waals surface area contributed by atoms with E-state index in [1.807, 2.05) is 29.8 Å². The Labute approximate surface area is 124 Å². The van der Waals surface area contributed by atoms with Crippen molar-refractivity contribution < 1.29 is 9.47 Å². The number of aryl methyl sites for hydroxylation is 1. The van der Waals surface area contributed by atoms with Crippen LogP contribution in [0, 0.1) is 0 Å². The lowest BCUT2D eigenvalue weighted by Crippen LogP contribution is -2.09. The van der Waals surface area contributed by atoms with E-state index in [1.165, 1.54) is 0 Å². The van der Waals surface area contributed by atoms with Gasteiger partial charge in [-0.15, -0.1) is 0 Å². The molecule has 0 spiro atoms. The van der Waals surface area contributed by atoms with E-state index in [0.717, 1.165) is 24.4 Å². The van der Waals surface area contributed by atoms with Crippen molar-refractivity contribution in [3.63, 3.8) is 0 Å². The van der Waals surface area contributed by atoms with Crippen LogP contribution in [0.1, 0.15) is 37.7 Å². The van der Waals surface area contributed by atoms with Crippen molar-refractivity contribution >= 4 is 0 Å². The zero-order valence-corrected chi connectivity index (χ0v) is 12.7. The molecule has 2 aromatic rings. The van der Waals surface area contributed by atoms with Gasteiger partial charge in [-0.05, 0) is 31.0 Å². The molecule has 0 saturated carbocycles. The van der Waals surface area contributed by atoms with Crippen LogP contribution < -0.4 is 15.2 Å². The van der Waals surface area contributed by atoms with Crippen LogP contribution in [0.3, 0.4) is 0 Å². The van der Waals surface area contributed by atoms with E-state index < -0.39 is 0 Å². The minimum Gasteiger partial charge on any atom is -0.493 e. The lowest BCUT2D eigenvalue weighted by atomic mass is 10.1. The molecule has 1 unspecified atom stereocenters. The predicted octanol–water partition coefficient (Wildman–Crippen LogP) is 2.30. The quantitative estimate of drug-likeness (QED) is 0.846. The second kappa shape index (κ2) is 7.08. The summed E-state index contributed by atoms with van der Waals surface area (Å²) in [5.74, 6) is 2.15. The minimum atomic E-state index is -0.0411. The molecule has 1 atom stereocenters. The van der Waals surface area contributed by atoms with Gasteiger partial charge in [0.2, 0.25) is 0 Å². The number of hydrogen-bond acceptors (Lipinski definition) is 5. The molecule has 114 valence electrons. The zero-order chi connectivity index (χ0) is 15.2. The number of nitrogens with zero attached hydrogens (tertiary/aromatic N) is 3. The second-order valence-corrected chi connectivity index (χ2v) is 4.89. The average Bonchev–Trinajstić information content (AvgIpc) is 2.92. The number of hydrogen-bond donors (Lipinski definition) is 1. The highest BCUT2D eigenvalue weighted by Gasteiger charge is 2.10. The van der Waals surface area contributed by atoms with Crippen LogP contribution in [0.2, 0.25) is 0 Å². The fraction of sp³-hybridized carbons (Fsp3) is 0.467. The molecule has 0 saturated heterocycles. The second-order valence-electron chi connectivity index (χ2n) is 4.89. The summed E-state index contributed by atoms with van der Waals surface area (Å²) in [7, 11) is 1.62.